The van der Waals surface area contributed by atoms with Crippen LogP contribution in [0.5, 0.6) is 0 Å². The molecule has 29 heavy (non-hydrogen) atoms. The molecule has 2 aromatic carbocycles. The molecule has 0 unspecified atom stereocenters. The highest BCUT2D eigenvalue weighted by Crippen LogP contribution is 2.29. The molecule has 5 nitrogen and oxygen atoms in total. The fourth-order valence-electron chi connectivity index (χ4n) is 4.48. The zero-order valence-corrected chi connectivity index (χ0v) is 16.7. The fourth-order valence-corrected chi connectivity index (χ4v) is 4.48. The topological polar surface area (TPSA) is 62.2 Å². The van der Waals surface area contributed by atoms with E-state index in [1.165, 1.54) is 29.5 Å². The monoisotopic (exact) mass is 384 g/mol. The second-order valence-corrected chi connectivity index (χ2v) is 7.82. The number of nitrogens with one attached hydrogen (secondary N) is 2. The quantitative estimate of drug-likeness (QED) is 0.393. The molecule has 2 heterocycles. The van der Waals surface area contributed by atoms with Crippen LogP contribution in [0.25, 0.3) is 21.8 Å². The van der Waals surface area contributed by atoms with Gasteiger partial charge in [0, 0.05) is 51.4 Å². The number of carbonyl (C=O) groups is 1. The molecule has 1 aliphatic carbocycles. The fraction of sp³-hybridized carbons (Fsp3) is 0.250. The predicted molar refractivity (Wildman–Crippen MR) is 118 cm³/mol. The summed E-state index contributed by atoms with van der Waals surface area (Å²) in [5.41, 5.74) is 10.4. The summed E-state index contributed by atoms with van der Waals surface area (Å²) >= 11 is 0. The van der Waals surface area contributed by atoms with Crippen LogP contribution >= 0.6 is 0 Å². The Bertz CT molecular complexity index is 1280. The Kier molecular flexibility index (Phi) is 4.23. The van der Waals surface area contributed by atoms with Crippen LogP contribution < -0.4 is 5.43 Å². The van der Waals surface area contributed by atoms with E-state index in [-0.39, 0.29) is 5.91 Å². The first kappa shape index (κ1) is 17.7. The summed E-state index contributed by atoms with van der Waals surface area (Å²) in [6, 6.07) is 14.1. The van der Waals surface area contributed by atoms with E-state index >= 15 is 0 Å². The lowest BCUT2D eigenvalue weighted by Gasteiger charge is -2.10. The minimum atomic E-state index is -0.188. The maximum Gasteiger partial charge on any atom is 0.271 e. The zero-order valence-electron chi connectivity index (χ0n) is 16.7. The third-order valence-corrected chi connectivity index (χ3v) is 6.17. The molecule has 0 bridgehead atoms. The van der Waals surface area contributed by atoms with Crippen LogP contribution in [0, 0.1) is 6.92 Å². The maximum absolute atomic E-state index is 12.7. The second-order valence-electron chi connectivity index (χ2n) is 7.82. The third kappa shape index (κ3) is 2.94. The standard InChI is InChI=1S/C24H24N4O/c1-15-20(18-8-4-6-10-23(18)28(15)2)14-25-27-24(29)16-11-12-22-19(13-16)17-7-3-5-9-21(17)26-22/h4,6,8,10-14,26H,3,5,7,9H2,1-2H3,(H,27,29)/b25-14-. The number of aromatic nitrogens is 2. The number of rotatable bonds is 3. The van der Waals surface area contributed by atoms with Crippen molar-refractivity contribution >= 4 is 33.9 Å². The first-order chi connectivity index (χ1) is 14.1. The van der Waals surface area contributed by atoms with Crippen molar-refractivity contribution in [2.75, 3.05) is 0 Å². The van der Waals surface area contributed by atoms with E-state index in [9.17, 15) is 4.79 Å². The van der Waals surface area contributed by atoms with Crippen molar-refractivity contribution in [2.45, 2.75) is 32.6 Å². The van der Waals surface area contributed by atoms with Crippen molar-refractivity contribution < 1.29 is 4.79 Å². The van der Waals surface area contributed by atoms with Crippen molar-refractivity contribution in [3.05, 3.63) is 70.5 Å². The van der Waals surface area contributed by atoms with Gasteiger partial charge in [-0.2, -0.15) is 5.10 Å². The van der Waals surface area contributed by atoms with Crippen LogP contribution in [0.1, 0.15) is 45.7 Å². The van der Waals surface area contributed by atoms with Gasteiger partial charge in [0.15, 0.2) is 0 Å². The smallest absolute Gasteiger partial charge is 0.271 e. The largest absolute Gasteiger partial charge is 0.358 e. The molecular formula is C24H24N4O. The number of amides is 1. The molecule has 0 aliphatic heterocycles. The Morgan fingerprint density at radius 3 is 2.86 bits per heavy atom. The minimum absolute atomic E-state index is 0.188. The first-order valence-corrected chi connectivity index (χ1v) is 10.1. The predicted octanol–water partition coefficient (Wildman–Crippen LogP) is 4.61. The van der Waals surface area contributed by atoms with Gasteiger partial charge in [-0.05, 0) is 62.4 Å². The molecule has 0 saturated carbocycles. The van der Waals surface area contributed by atoms with Crippen LogP contribution in [0.15, 0.2) is 47.6 Å². The summed E-state index contributed by atoms with van der Waals surface area (Å²) in [6.07, 6.45) is 6.37. The van der Waals surface area contributed by atoms with Crippen molar-refractivity contribution in [1.29, 1.82) is 0 Å². The van der Waals surface area contributed by atoms with E-state index < -0.39 is 0 Å². The van der Waals surface area contributed by atoms with Gasteiger partial charge in [-0.1, -0.05) is 18.2 Å². The highest BCUT2D eigenvalue weighted by atomic mass is 16.2. The number of carbonyl (C=O) groups excluding carboxylic acids is 1. The van der Waals surface area contributed by atoms with E-state index in [0.717, 1.165) is 40.5 Å². The molecule has 146 valence electrons. The van der Waals surface area contributed by atoms with Crippen molar-refractivity contribution in [3.63, 3.8) is 0 Å². The van der Waals surface area contributed by atoms with Gasteiger partial charge in [-0.3, -0.25) is 4.79 Å². The molecule has 0 radical (unpaired) electrons. The summed E-state index contributed by atoms with van der Waals surface area (Å²) in [4.78, 5) is 16.2. The van der Waals surface area contributed by atoms with Crippen LogP contribution in [0.2, 0.25) is 0 Å². The number of benzene rings is 2. The molecule has 0 saturated heterocycles. The maximum atomic E-state index is 12.7. The number of aryl methyl sites for hydroxylation is 3. The molecule has 5 rings (SSSR count). The van der Waals surface area contributed by atoms with Crippen LogP contribution in [0.3, 0.4) is 0 Å². The molecule has 4 aromatic rings. The molecule has 5 heteroatoms. The SMILES string of the molecule is Cc1c(/C=N\NC(=O)c2ccc3[nH]c4c(c3c2)CCCC4)c2ccccc2n1C. The lowest BCUT2D eigenvalue weighted by atomic mass is 9.95. The van der Waals surface area contributed by atoms with Gasteiger partial charge in [-0.25, -0.2) is 5.43 Å². The van der Waals surface area contributed by atoms with E-state index in [2.05, 4.69) is 39.1 Å². The highest BCUT2D eigenvalue weighted by Gasteiger charge is 2.17. The second kappa shape index (κ2) is 6.92. The summed E-state index contributed by atoms with van der Waals surface area (Å²) in [7, 11) is 2.04. The van der Waals surface area contributed by atoms with Gasteiger partial charge >= 0.3 is 0 Å². The Hall–Kier alpha value is -3.34. The summed E-state index contributed by atoms with van der Waals surface area (Å²) in [5.74, 6) is -0.188. The Morgan fingerprint density at radius 1 is 1.14 bits per heavy atom. The average Bonchev–Trinajstić information content (AvgIpc) is 3.24. The first-order valence-electron chi connectivity index (χ1n) is 10.1. The number of hydrazone groups is 1. The summed E-state index contributed by atoms with van der Waals surface area (Å²) in [6.45, 7) is 2.06. The molecular weight excluding hydrogens is 360 g/mol. The minimum Gasteiger partial charge on any atom is -0.358 e. The normalized spacial score (nSPS) is 14.0. The van der Waals surface area contributed by atoms with E-state index in [0.29, 0.717) is 5.56 Å². The van der Waals surface area contributed by atoms with Crippen LogP contribution in [-0.4, -0.2) is 21.7 Å². The van der Waals surface area contributed by atoms with E-state index in [1.807, 2.05) is 37.4 Å². The van der Waals surface area contributed by atoms with Crippen molar-refractivity contribution in [2.24, 2.45) is 12.1 Å². The Labute approximate surface area is 169 Å². The van der Waals surface area contributed by atoms with Gasteiger partial charge in [0.1, 0.15) is 0 Å². The highest BCUT2D eigenvalue weighted by molar-refractivity contribution is 6.02. The van der Waals surface area contributed by atoms with Crippen molar-refractivity contribution in [1.82, 2.24) is 15.0 Å². The summed E-state index contributed by atoms with van der Waals surface area (Å²) < 4.78 is 2.14. The van der Waals surface area contributed by atoms with E-state index in [1.54, 1.807) is 6.21 Å². The van der Waals surface area contributed by atoms with Gasteiger partial charge in [0.2, 0.25) is 0 Å². The zero-order chi connectivity index (χ0) is 20.0. The van der Waals surface area contributed by atoms with Gasteiger partial charge in [-0.15, -0.1) is 0 Å². The number of hydrogen-bond acceptors (Lipinski definition) is 2. The molecule has 0 atom stereocenters. The van der Waals surface area contributed by atoms with Gasteiger partial charge < -0.3 is 9.55 Å². The Balaban J connectivity index is 1.41. The van der Waals surface area contributed by atoms with Gasteiger partial charge in [0.05, 0.1) is 6.21 Å². The van der Waals surface area contributed by atoms with Crippen LogP contribution in [0.4, 0.5) is 0 Å². The van der Waals surface area contributed by atoms with Crippen molar-refractivity contribution in [3.8, 4) is 0 Å². The number of fused-ring (bicyclic) bond motifs is 4. The lowest BCUT2D eigenvalue weighted by Crippen LogP contribution is -2.17. The summed E-state index contributed by atoms with van der Waals surface area (Å²) in [5, 5.41) is 6.55. The molecule has 0 spiro atoms. The Morgan fingerprint density at radius 2 is 1.97 bits per heavy atom. The van der Waals surface area contributed by atoms with Gasteiger partial charge in [0.25, 0.3) is 5.91 Å². The molecule has 2 aromatic heterocycles. The number of nitrogens with zero attached hydrogens (tertiary/aromatic N) is 2. The molecule has 1 amide bonds. The number of hydrogen-bond donors (Lipinski definition) is 2. The average molecular weight is 384 g/mol. The van der Waals surface area contributed by atoms with E-state index in [4.69, 9.17) is 0 Å². The van der Waals surface area contributed by atoms with Crippen LogP contribution in [-0.2, 0) is 19.9 Å². The third-order valence-electron chi connectivity index (χ3n) is 6.17. The number of para-hydroxylation sites is 1. The molecule has 1 aliphatic rings. The number of aromatic amines is 1. The molecule has 2 N–H and O–H groups in total. The molecule has 0 fully saturated rings. The number of H-pyrrole nitrogens is 1. The lowest BCUT2D eigenvalue weighted by molar-refractivity contribution is 0.0955.